The van der Waals surface area contributed by atoms with E-state index in [0.717, 1.165) is 17.4 Å². The lowest BCUT2D eigenvalue weighted by atomic mass is 10.1. The van der Waals surface area contributed by atoms with Crippen LogP contribution in [0.15, 0.2) is 42.7 Å². The summed E-state index contributed by atoms with van der Waals surface area (Å²) in [6.45, 7) is 3.93. The fraction of sp³-hybridized carbons (Fsp3) is 0.222. The number of rotatable bonds is 6. The van der Waals surface area contributed by atoms with E-state index >= 15 is 0 Å². The van der Waals surface area contributed by atoms with Crippen LogP contribution >= 0.6 is 0 Å². The van der Waals surface area contributed by atoms with Crippen molar-refractivity contribution in [2.75, 3.05) is 16.3 Å². The number of nitrogens with two attached hydrogens (primary N) is 1. The third kappa shape index (κ3) is 4.20. The highest BCUT2D eigenvalue weighted by atomic mass is 32.2. The van der Waals surface area contributed by atoms with Gasteiger partial charge in [-0.3, -0.25) is 9.52 Å². The van der Waals surface area contributed by atoms with Crippen LogP contribution in [0.5, 0.6) is 0 Å². The molecule has 2 aromatic heterocycles. The maximum absolute atomic E-state index is 11.8. The number of nitrogens with one attached hydrogen (secondary N) is 2. The van der Waals surface area contributed by atoms with Crippen molar-refractivity contribution in [1.82, 2.24) is 9.61 Å². The van der Waals surface area contributed by atoms with Crippen LogP contribution in [-0.4, -0.2) is 36.2 Å². The van der Waals surface area contributed by atoms with Crippen LogP contribution in [0.2, 0.25) is 0 Å². The minimum absolute atomic E-state index is 0.0925. The van der Waals surface area contributed by atoms with Gasteiger partial charge in [0, 0.05) is 23.5 Å². The number of sulfonamides is 1. The first-order chi connectivity index (χ1) is 12.6. The summed E-state index contributed by atoms with van der Waals surface area (Å²) in [4.78, 5) is 11.8. The summed E-state index contributed by atoms with van der Waals surface area (Å²) >= 11 is 0. The molecule has 0 spiro atoms. The second kappa shape index (κ2) is 6.92. The van der Waals surface area contributed by atoms with Crippen LogP contribution in [0, 0.1) is 0 Å². The van der Waals surface area contributed by atoms with E-state index in [0.29, 0.717) is 22.5 Å². The van der Waals surface area contributed by atoms with Crippen molar-refractivity contribution < 1.29 is 13.2 Å². The zero-order valence-corrected chi connectivity index (χ0v) is 16.0. The Bertz CT molecular complexity index is 1120. The van der Waals surface area contributed by atoms with Gasteiger partial charge in [0.2, 0.25) is 10.0 Å². The van der Waals surface area contributed by atoms with E-state index in [1.807, 2.05) is 32.2 Å². The molecule has 0 unspecified atom stereocenters. The molecule has 9 heteroatoms. The van der Waals surface area contributed by atoms with Crippen molar-refractivity contribution in [3.8, 4) is 11.1 Å². The maximum atomic E-state index is 11.8. The zero-order chi connectivity index (χ0) is 19.8. The number of nitrogens with zero attached hydrogens (tertiary/aromatic N) is 2. The Morgan fingerprint density at radius 2 is 1.96 bits per heavy atom. The van der Waals surface area contributed by atoms with Crippen LogP contribution in [0.3, 0.4) is 0 Å². The Morgan fingerprint density at radius 1 is 1.22 bits per heavy atom. The molecule has 0 bridgehead atoms. The van der Waals surface area contributed by atoms with E-state index in [4.69, 9.17) is 5.73 Å². The molecule has 3 rings (SSSR count). The van der Waals surface area contributed by atoms with Gasteiger partial charge in [0.15, 0.2) is 0 Å². The highest BCUT2D eigenvalue weighted by Crippen LogP contribution is 2.30. The quantitative estimate of drug-likeness (QED) is 0.600. The van der Waals surface area contributed by atoms with Crippen LogP contribution in [0.1, 0.15) is 24.2 Å². The predicted octanol–water partition coefficient (Wildman–Crippen LogP) is 2.29. The Balaban J connectivity index is 2.12. The minimum atomic E-state index is -3.37. The van der Waals surface area contributed by atoms with Crippen molar-refractivity contribution in [2.45, 2.75) is 19.9 Å². The minimum Gasteiger partial charge on any atom is -0.380 e. The summed E-state index contributed by atoms with van der Waals surface area (Å²) < 4.78 is 27.0. The summed E-state index contributed by atoms with van der Waals surface area (Å²) in [5.41, 5.74) is 9.22. The summed E-state index contributed by atoms with van der Waals surface area (Å²) in [5, 5.41) is 7.51. The predicted molar refractivity (Wildman–Crippen MR) is 106 cm³/mol. The van der Waals surface area contributed by atoms with E-state index in [-0.39, 0.29) is 6.04 Å². The standard InChI is InChI=1S/C18H21N5O3S/c1-11(2)21-17-15(18(19)24)9-20-23-10-13(8-16(17)23)12-5-4-6-14(7-12)22-27(3,25)26/h4-11,21-22H,1-3H3,(H2,19,24). The Labute approximate surface area is 157 Å². The summed E-state index contributed by atoms with van der Waals surface area (Å²) in [6.07, 6.45) is 4.35. The summed E-state index contributed by atoms with van der Waals surface area (Å²) in [6, 6.07) is 9.02. The van der Waals surface area contributed by atoms with Crippen LogP contribution in [-0.2, 0) is 10.0 Å². The second-order valence-electron chi connectivity index (χ2n) is 6.61. The Morgan fingerprint density at radius 3 is 2.59 bits per heavy atom. The lowest BCUT2D eigenvalue weighted by Crippen LogP contribution is -2.19. The number of benzene rings is 1. The van der Waals surface area contributed by atoms with Gasteiger partial charge in [-0.1, -0.05) is 12.1 Å². The molecule has 0 radical (unpaired) electrons. The van der Waals surface area contributed by atoms with Gasteiger partial charge in [-0.05, 0) is 37.6 Å². The van der Waals surface area contributed by atoms with E-state index < -0.39 is 15.9 Å². The molecule has 0 aliphatic heterocycles. The van der Waals surface area contributed by atoms with Gasteiger partial charge < -0.3 is 11.1 Å². The molecular weight excluding hydrogens is 366 g/mol. The van der Waals surface area contributed by atoms with Crippen LogP contribution in [0.25, 0.3) is 16.6 Å². The first kappa shape index (κ1) is 18.7. The molecular formula is C18H21N5O3S. The average molecular weight is 387 g/mol. The van der Waals surface area contributed by atoms with Gasteiger partial charge in [-0.2, -0.15) is 5.10 Å². The number of amides is 1. The van der Waals surface area contributed by atoms with Gasteiger partial charge in [-0.25, -0.2) is 12.9 Å². The van der Waals surface area contributed by atoms with Gasteiger partial charge in [0.05, 0.1) is 29.2 Å². The number of hydrogen-bond acceptors (Lipinski definition) is 5. The first-order valence-corrected chi connectivity index (χ1v) is 10.2. The van der Waals surface area contributed by atoms with E-state index in [1.165, 1.54) is 6.20 Å². The highest BCUT2D eigenvalue weighted by Gasteiger charge is 2.16. The number of primary amides is 1. The fourth-order valence-corrected chi connectivity index (χ4v) is 3.37. The Kier molecular flexibility index (Phi) is 4.79. The third-order valence-electron chi connectivity index (χ3n) is 3.83. The largest absolute Gasteiger partial charge is 0.380 e. The molecule has 8 nitrogen and oxygen atoms in total. The molecule has 0 atom stereocenters. The molecule has 1 amide bonds. The van der Waals surface area contributed by atoms with Crippen molar-refractivity contribution in [1.29, 1.82) is 0 Å². The summed E-state index contributed by atoms with van der Waals surface area (Å²) in [7, 11) is -3.37. The smallest absolute Gasteiger partial charge is 0.252 e. The maximum Gasteiger partial charge on any atom is 0.252 e. The van der Waals surface area contributed by atoms with Gasteiger partial charge in [0.25, 0.3) is 5.91 Å². The molecule has 2 heterocycles. The molecule has 0 fully saturated rings. The molecule has 0 saturated carbocycles. The fourth-order valence-electron chi connectivity index (χ4n) is 2.82. The normalized spacial score (nSPS) is 11.7. The average Bonchev–Trinajstić information content (AvgIpc) is 2.97. The van der Waals surface area contributed by atoms with E-state index in [1.54, 1.807) is 22.7 Å². The third-order valence-corrected chi connectivity index (χ3v) is 4.44. The summed E-state index contributed by atoms with van der Waals surface area (Å²) in [5.74, 6) is -0.560. The zero-order valence-electron chi connectivity index (χ0n) is 15.2. The SMILES string of the molecule is CC(C)Nc1c(C(N)=O)cnn2cc(-c3cccc(NS(C)(=O)=O)c3)cc12. The van der Waals surface area contributed by atoms with Gasteiger partial charge in [-0.15, -0.1) is 0 Å². The van der Waals surface area contributed by atoms with Crippen molar-refractivity contribution in [3.05, 3.63) is 48.3 Å². The molecule has 4 N–H and O–H groups in total. The van der Waals surface area contributed by atoms with Gasteiger partial charge in [0.1, 0.15) is 0 Å². The molecule has 0 aliphatic rings. The molecule has 1 aromatic carbocycles. The molecule has 0 saturated heterocycles. The molecule has 3 aromatic rings. The number of carbonyl (C=O) groups excluding carboxylic acids is 1. The number of carbonyl (C=O) groups is 1. The molecule has 142 valence electrons. The van der Waals surface area contributed by atoms with Crippen LogP contribution in [0.4, 0.5) is 11.4 Å². The van der Waals surface area contributed by atoms with E-state index in [2.05, 4.69) is 15.1 Å². The number of aromatic nitrogens is 2. The second-order valence-corrected chi connectivity index (χ2v) is 8.36. The van der Waals surface area contributed by atoms with E-state index in [9.17, 15) is 13.2 Å². The first-order valence-electron chi connectivity index (χ1n) is 8.30. The lowest BCUT2D eigenvalue weighted by Gasteiger charge is -2.14. The number of hydrogen-bond donors (Lipinski definition) is 3. The van der Waals surface area contributed by atoms with Crippen molar-refractivity contribution in [3.63, 3.8) is 0 Å². The highest BCUT2D eigenvalue weighted by molar-refractivity contribution is 7.92. The number of fused-ring (bicyclic) bond motifs is 1. The van der Waals surface area contributed by atoms with Gasteiger partial charge >= 0.3 is 0 Å². The molecule has 0 aliphatic carbocycles. The topological polar surface area (TPSA) is 119 Å². The number of anilines is 2. The van der Waals surface area contributed by atoms with Crippen LogP contribution < -0.4 is 15.8 Å². The monoisotopic (exact) mass is 387 g/mol. The Hall–Kier alpha value is -3.07. The lowest BCUT2D eigenvalue weighted by molar-refractivity contribution is 0.100. The molecule has 27 heavy (non-hydrogen) atoms. The van der Waals surface area contributed by atoms with Crippen molar-refractivity contribution in [2.24, 2.45) is 5.73 Å². The van der Waals surface area contributed by atoms with Crippen molar-refractivity contribution >= 4 is 32.8 Å².